The average Bonchev–Trinajstić information content (AvgIpc) is 2.67. The molecule has 1 atom stereocenters. The quantitative estimate of drug-likeness (QED) is 0.779. The third-order valence-electron chi connectivity index (χ3n) is 4.48. The van der Waals surface area contributed by atoms with Crippen LogP contribution in [0.25, 0.3) is 0 Å². The predicted octanol–water partition coefficient (Wildman–Crippen LogP) is 3.18. The summed E-state index contributed by atoms with van der Waals surface area (Å²) in [6.45, 7) is 11.1. The van der Waals surface area contributed by atoms with Gasteiger partial charge in [-0.25, -0.2) is 0 Å². The highest BCUT2D eigenvalue weighted by atomic mass is 16.1. The van der Waals surface area contributed by atoms with Gasteiger partial charge in [0.2, 0.25) is 0 Å². The van der Waals surface area contributed by atoms with Crippen LogP contribution in [-0.4, -0.2) is 34.4 Å². The Morgan fingerprint density at radius 1 is 1.37 bits per heavy atom. The molecule has 2 rings (SSSR count). The Balaban J connectivity index is 2.11. The molecule has 106 valence electrons. The minimum absolute atomic E-state index is 0.279. The summed E-state index contributed by atoms with van der Waals surface area (Å²) in [4.78, 5) is 14.8. The molecule has 1 aliphatic rings. The largest absolute Gasteiger partial charge is 0.349 e. The second-order valence-corrected chi connectivity index (χ2v) is 5.77. The molecule has 0 aliphatic carbocycles. The van der Waals surface area contributed by atoms with Gasteiger partial charge >= 0.3 is 0 Å². The minimum Gasteiger partial charge on any atom is -0.349 e. The predicted molar refractivity (Wildman–Crippen MR) is 78.8 cm³/mol. The Hall–Kier alpha value is -1.09. The number of likely N-dealkylation sites (tertiary alicyclic amines) is 1. The number of ketones is 1. The third-order valence-corrected chi connectivity index (χ3v) is 4.48. The van der Waals surface area contributed by atoms with Gasteiger partial charge in [0.05, 0.1) is 6.54 Å². The molecule has 0 spiro atoms. The van der Waals surface area contributed by atoms with Crippen molar-refractivity contribution >= 4 is 5.78 Å². The molecule has 0 N–H and O–H groups in total. The normalized spacial score (nSPS) is 20.7. The fraction of sp³-hybridized carbons (Fsp3) is 0.688. The molecule has 1 aromatic rings. The molecule has 1 saturated heterocycles. The summed E-state index contributed by atoms with van der Waals surface area (Å²) in [6, 6.07) is 2.60. The highest BCUT2D eigenvalue weighted by Gasteiger charge is 2.23. The lowest BCUT2D eigenvalue weighted by molar-refractivity contribution is 0.0859. The molecule has 1 fully saturated rings. The van der Waals surface area contributed by atoms with Crippen molar-refractivity contribution in [2.45, 2.75) is 59.5 Å². The first kappa shape index (κ1) is 14.3. The number of carbonyl (C=O) groups is 1. The van der Waals surface area contributed by atoms with Crippen LogP contribution in [0.3, 0.4) is 0 Å². The topological polar surface area (TPSA) is 25.2 Å². The second kappa shape index (κ2) is 5.91. The summed E-state index contributed by atoms with van der Waals surface area (Å²) in [6.07, 6.45) is 3.75. The Bertz CT molecular complexity index is 462. The van der Waals surface area contributed by atoms with Gasteiger partial charge in [-0.05, 0) is 53.1 Å². The summed E-state index contributed by atoms with van der Waals surface area (Å²) < 4.78 is 2.22. The van der Waals surface area contributed by atoms with Crippen LogP contribution in [0.5, 0.6) is 0 Å². The van der Waals surface area contributed by atoms with E-state index in [1.54, 1.807) is 0 Å². The summed E-state index contributed by atoms with van der Waals surface area (Å²) >= 11 is 0. The molecule has 19 heavy (non-hydrogen) atoms. The van der Waals surface area contributed by atoms with Crippen molar-refractivity contribution in [1.29, 1.82) is 0 Å². The molecular weight excluding hydrogens is 236 g/mol. The number of piperidine rings is 1. The molecule has 0 radical (unpaired) electrons. The summed E-state index contributed by atoms with van der Waals surface area (Å²) in [5, 5.41) is 0. The summed E-state index contributed by atoms with van der Waals surface area (Å²) in [5.41, 5.74) is 3.22. The van der Waals surface area contributed by atoms with E-state index in [1.165, 1.54) is 25.0 Å². The Morgan fingerprint density at radius 2 is 2.11 bits per heavy atom. The van der Waals surface area contributed by atoms with E-state index >= 15 is 0 Å². The Kier molecular flexibility index (Phi) is 4.46. The van der Waals surface area contributed by atoms with E-state index in [4.69, 9.17) is 0 Å². The maximum Gasteiger partial charge on any atom is 0.178 e. The third kappa shape index (κ3) is 2.92. The molecule has 2 heterocycles. The van der Waals surface area contributed by atoms with Crippen molar-refractivity contribution in [2.24, 2.45) is 0 Å². The minimum atomic E-state index is 0.279. The lowest BCUT2D eigenvalue weighted by Crippen LogP contribution is -2.40. The van der Waals surface area contributed by atoms with Crippen LogP contribution < -0.4 is 0 Å². The van der Waals surface area contributed by atoms with Gasteiger partial charge in [-0.3, -0.25) is 9.69 Å². The maximum absolute atomic E-state index is 12.5. The summed E-state index contributed by atoms with van der Waals surface area (Å²) in [5.74, 6) is 0.279. The van der Waals surface area contributed by atoms with Gasteiger partial charge in [0.15, 0.2) is 5.78 Å². The van der Waals surface area contributed by atoms with Gasteiger partial charge < -0.3 is 4.57 Å². The van der Waals surface area contributed by atoms with Crippen molar-refractivity contribution in [3.63, 3.8) is 0 Å². The molecule has 0 amide bonds. The monoisotopic (exact) mass is 262 g/mol. The second-order valence-electron chi connectivity index (χ2n) is 5.77. The van der Waals surface area contributed by atoms with Gasteiger partial charge in [0, 0.05) is 29.5 Å². The van der Waals surface area contributed by atoms with E-state index in [0.717, 1.165) is 24.3 Å². The zero-order valence-electron chi connectivity index (χ0n) is 12.7. The molecule has 3 nitrogen and oxygen atoms in total. The average molecular weight is 262 g/mol. The molecule has 1 unspecified atom stereocenters. The highest BCUT2D eigenvalue weighted by Crippen LogP contribution is 2.19. The van der Waals surface area contributed by atoms with Crippen molar-refractivity contribution in [3.05, 3.63) is 23.0 Å². The summed E-state index contributed by atoms with van der Waals surface area (Å²) in [7, 11) is 0. The Labute approximate surface area is 116 Å². The maximum atomic E-state index is 12.5. The van der Waals surface area contributed by atoms with Gasteiger partial charge in [-0.1, -0.05) is 6.42 Å². The van der Waals surface area contributed by atoms with E-state index in [9.17, 15) is 4.79 Å². The van der Waals surface area contributed by atoms with Crippen LogP contribution in [0.2, 0.25) is 0 Å². The van der Waals surface area contributed by atoms with Crippen LogP contribution in [0.4, 0.5) is 0 Å². The molecule has 3 heteroatoms. The van der Waals surface area contributed by atoms with E-state index in [0.29, 0.717) is 12.6 Å². The van der Waals surface area contributed by atoms with E-state index in [-0.39, 0.29) is 5.78 Å². The number of hydrogen-bond acceptors (Lipinski definition) is 2. The zero-order valence-corrected chi connectivity index (χ0v) is 12.7. The first-order chi connectivity index (χ1) is 9.04. The van der Waals surface area contributed by atoms with Crippen molar-refractivity contribution < 1.29 is 4.79 Å². The number of rotatable bonds is 4. The SMILES string of the molecule is CCn1c(C)cc(C(=O)CN2CCCCC2C)c1C. The fourth-order valence-corrected chi connectivity index (χ4v) is 3.23. The standard InChI is InChI=1S/C16H26N2O/c1-5-18-13(3)10-15(14(18)4)16(19)11-17-9-7-6-8-12(17)2/h10,12H,5-9,11H2,1-4H3. The fourth-order valence-electron chi connectivity index (χ4n) is 3.23. The van der Waals surface area contributed by atoms with Crippen LogP contribution in [-0.2, 0) is 6.54 Å². The molecule has 1 aliphatic heterocycles. The smallest absolute Gasteiger partial charge is 0.178 e. The number of hydrogen-bond donors (Lipinski definition) is 0. The molecular formula is C16H26N2O. The van der Waals surface area contributed by atoms with E-state index < -0.39 is 0 Å². The number of aromatic nitrogens is 1. The van der Waals surface area contributed by atoms with Crippen LogP contribution in [0, 0.1) is 13.8 Å². The van der Waals surface area contributed by atoms with Gasteiger partial charge in [0.25, 0.3) is 0 Å². The van der Waals surface area contributed by atoms with Crippen LogP contribution >= 0.6 is 0 Å². The first-order valence-electron chi connectivity index (χ1n) is 7.48. The van der Waals surface area contributed by atoms with Crippen molar-refractivity contribution in [2.75, 3.05) is 13.1 Å². The van der Waals surface area contributed by atoms with Crippen molar-refractivity contribution in [3.8, 4) is 0 Å². The van der Waals surface area contributed by atoms with E-state index in [2.05, 4.69) is 43.2 Å². The van der Waals surface area contributed by atoms with Crippen molar-refractivity contribution in [1.82, 2.24) is 9.47 Å². The van der Waals surface area contributed by atoms with E-state index in [1.807, 2.05) is 0 Å². The lowest BCUT2D eigenvalue weighted by atomic mass is 10.0. The number of carbonyl (C=O) groups excluding carboxylic acids is 1. The van der Waals surface area contributed by atoms with Gasteiger partial charge in [-0.15, -0.1) is 0 Å². The molecule has 0 saturated carbocycles. The number of Topliss-reactive ketones (excluding diaryl/α,β-unsaturated/α-hetero) is 1. The number of aryl methyl sites for hydroxylation is 1. The van der Waals surface area contributed by atoms with Gasteiger partial charge in [-0.2, -0.15) is 0 Å². The zero-order chi connectivity index (χ0) is 14.0. The van der Waals surface area contributed by atoms with Crippen LogP contribution in [0.1, 0.15) is 54.9 Å². The molecule has 0 aromatic carbocycles. The Morgan fingerprint density at radius 3 is 2.68 bits per heavy atom. The number of nitrogens with zero attached hydrogens (tertiary/aromatic N) is 2. The van der Waals surface area contributed by atoms with Gasteiger partial charge in [0.1, 0.15) is 0 Å². The first-order valence-corrected chi connectivity index (χ1v) is 7.48. The lowest BCUT2D eigenvalue weighted by Gasteiger charge is -2.32. The van der Waals surface area contributed by atoms with Crippen LogP contribution in [0.15, 0.2) is 6.07 Å². The molecule has 0 bridgehead atoms. The highest BCUT2D eigenvalue weighted by molar-refractivity contribution is 5.99. The molecule has 1 aromatic heterocycles.